The summed E-state index contributed by atoms with van der Waals surface area (Å²) in [6.45, 7) is 11.0. The highest BCUT2D eigenvalue weighted by molar-refractivity contribution is 5.78. The van der Waals surface area contributed by atoms with E-state index >= 15 is 0 Å². The number of nitrogens with one attached hydrogen (secondary N) is 1. The van der Waals surface area contributed by atoms with Crippen LogP contribution >= 0.6 is 0 Å². The van der Waals surface area contributed by atoms with Crippen molar-refractivity contribution in [2.45, 2.75) is 39.2 Å². The summed E-state index contributed by atoms with van der Waals surface area (Å²) < 4.78 is 0. The van der Waals surface area contributed by atoms with Crippen LogP contribution in [0.15, 0.2) is 12.2 Å². The first-order chi connectivity index (χ1) is 8.06. The number of amides is 1. The second-order valence-electron chi connectivity index (χ2n) is 5.89. The summed E-state index contributed by atoms with van der Waals surface area (Å²) >= 11 is 0. The molecule has 3 heteroatoms. The van der Waals surface area contributed by atoms with Gasteiger partial charge in [0.2, 0.25) is 5.91 Å². The number of likely N-dealkylation sites (tertiary alicyclic amines) is 1. The first kappa shape index (κ1) is 12.6. The molecule has 0 bridgehead atoms. The zero-order chi connectivity index (χ0) is 12.4. The molecular formula is C14H24N2O. The van der Waals surface area contributed by atoms with Gasteiger partial charge in [-0.2, -0.15) is 0 Å². The standard InChI is InChI=1S/C14H24N2O/c1-10(2)12-6-14(17)16(9-12)8-11(3)7-15-13-4-5-13/h10,12-13,15H,3-9H2,1-2H3. The van der Waals surface area contributed by atoms with Crippen LogP contribution in [0.3, 0.4) is 0 Å². The van der Waals surface area contributed by atoms with Gasteiger partial charge in [0, 0.05) is 32.1 Å². The number of hydrogen-bond donors (Lipinski definition) is 1. The smallest absolute Gasteiger partial charge is 0.223 e. The number of carbonyl (C=O) groups is 1. The molecule has 3 nitrogen and oxygen atoms in total. The lowest BCUT2D eigenvalue weighted by Gasteiger charge is -2.19. The second kappa shape index (κ2) is 5.21. The van der Waals surface area contributed by atoms with E-state index < -0.39 is 0 Å². The van der Waals surface area contributed by atoms with Crippen LogP contribution in [0, 0.1) is 11.8 Å². The number of hydrogen-bond acceptors (Lipinski definition) is 2. The summed E-state index contributed by atoms with van der Waals surface area (Å²) in [5.41, 5.74) is 1.13. The first-order valence-corrected chi connectivity index (χ1v) is 6.74. The van der Waals surface area contributed by atoms with E-state index in [1.54, 1.807) is 0 Å². The van der Waals surface area contributed by atoms with Crippen molar-refractivity contribution in [1.29, 1.82) is 0 Å². The molecule has 0 aromatic carbocycles. The third kappa shape index (κ3) is 3.56. The molecule has 1 aliphatic heterocycles. The van der Waals surface area contributed by atoms with Gasteiger partial charge in [0.1, 0.15) is 0 Å². The summed E-state index contributed by atoms with van der Waals surface area (Å²) in [6.07, 6.45) is 3.32. The number of rotatable bonds is 6. The van der Waals surface area contributed by atoms with Gasteiger partial charge < -0.3 is 10.2 Å². The van der Waals surface area contributed by atoms with E-state index in [2.05, 4.69) is 25.7 Å². The fourth-order valence-corrected chi connectivity index (χ4v) is 2.30. The fourth-order valence-electron chi connectivity index (χ4n) is 2.30. The molecule has 0 aromatic heterocycles. The minimum Gasteiger partial charge on any atom is -0.338 e. The van der Waals surface area contributed by atoms with Crippen molar-refractivity contribution in [3.8, 4) is 0 Å². The van der Waals surface area contributed by atoms with Gasteiger partial charge in [0.25, 0.3) is 0 Å². The molecule has 2 aliphatic rings. The van der Waals surface area contributed by atoms with Crippen molar-refractivity contribution < 1.29 is 4.79 Å². The zero-order valence-electron chi connectivity index (χ0n) is 11.0. The zero-order valence-corrected chi connectivity index (χ0v) is 11.0. The van der Waals surface area contributed by atoms with E-state index in [1.807, 2.05) is 4.90 Å². The minimum absolute atomic E-state index is 0.302. The highest BCUT2D eigenvalue weighted by atomic mass is 16.2. The summed E-state index contributed by atoms with van der Waals surface area (Å²) in [4.78, 5) is 13.8. The minimum atomic E-state index is 0.302. The van der Waals surface area contributed by atoms with E-state index in [0.717, 1.165) is 31.6 Å². The fraction of sp³-hybridized carbons (Fsp3) is 0.786. The molecule has 0 spiro atoms. The third-order valence-corrected chi connectivity index (χ3v) is 3.82. The predicted octanol–water partition coefficient (Wildman–Crippen LogP) is 1.80. The molecule has 1 N–H and O–H groups in total. The van der Waals surface area contributed by atoms with Crippen LogP contribution in [0.25, 0.3) is 0 Å². The van der Waals surface area contributed by atoms with Gasteiger partial charge in [-0.05, 0) is 30.3 Å². The Morgan fingerprint density at radius 1 is 1.53 bits per heavy atom. The molecule has 2 rings (SSSR count). The summed E-state index contributed by atoms with van der Waals surface area (Å²) in [6, 6.07) is 0.712. The highest BCUT2D eigenvalue weighted by Crippen LogP contribution is 2.25. The van der Waals surface area contributed by atoms with Gasteiger partial charge in [-0.3, -0.25) is 4.79 Å². The van der Waals surface area contributed by atoms with Crippen LogP contribution in [-0.2, 0) is 4.79 Å². The Balaban J connectivity index is 1.74. The Morgan fingerprint density at radius 3 is 2.76 bits per heavy atom. The molecule has 1 aliphatic carbocycles. The van der Waals surface area contributed by atoms with Gasteiger partial charge in [-0.25, -0.2) is 0 Å². The maximum atomic E-state index is 11.8. The summed E-state index contributed by atoms with van der Waals surface area (Å²) in [7, 11) is 0. The quantitative estimate of drug-likeness (QED) is 0.713. The van der Waals surface area contributed by atoms with Crippen molar-refractivity contribution in [1.82, 2.24) is 10.2 Å². The molecule has 17 heavy (non-hydrogen) atoms. The Kier molecular flexibility index (Phi) is 3.87. The summed E-state index contributed by atoms with van der Waals surface area (Å²) in [5.74, 6) is 1.43. The van der Waals surface area contributed by atoms with E-state index in [1.165, 1.54) is 12.8 Å². The van der Waals surface area contributed by atoms with Crippen molar-refractivity contribution in [2.75, 3.05) is 19.6 Å². The van der Waals surface area contributed by atoms with E-state index in [-0.39, 0.29) is 0 Å². The molecule has 1 atom stereocenters. The lowest BCUT2D eigenvalue weighted by molar-refractivity contribution is -0.127. The molecular weight excluding hydrogens is 212 g/mol. The van der Waals surface area contributed by atoms with Crippen LogP contribution < -0.4 is 5.32 Å². The maximum Gasteiger partial charge on any atom is 0.223 e. The summed E-state index contributed by atoms with van der Waals surface area (Å²) in [5, 5.41) is 3.44. The monoisotopic (exact) mass is 236 g/mol. The van der Waals surface area contributed by atoms with Gasteiger partial charge >= 0.3 is 0 Å². The molecule has 0 aromatic rings. The SMILES string of the molecule is C=C(CNC1CC1)CN1CC(C(C)C)CC1=O. The van der Waals surface area contributed by atoms with Gasteiger partial charge in [-0.1, -0.05) is 20.4 Å². The molecule has 2 fully saturated rings. The first-order valence-electron chi connectivity index (χ1n) is 6.74. The largest absolute Gasteiger partial charge is 0.338 e. The topological polar surface area (TPSA) is 32.3 Å². The second-order valence-corrected chi connectivity index (χ2v) is 5.89. The molecule has 0 radical (unpaired) electrons. The van der Waals surface area contributed by atoms with Crippen LogP contribution in [0.1, 0.15) is 33.1 Å². The lowest BCUT2D eigenvalue weighted by Crippen LogP contribution is -2.31. The van der Waals surface area contributed by atoms with E-state index in [4.69, 9.17) is 0 Å². The average molecular weight is 236 g/mol. The van der Waals surface area contributed by atoms with Crippen molar-refractivity contribution in [2.24, 2.45) is 11.8 Å². The molecule has 96 valence electrons. The molecule has 1 saturated heterocycles. The van der Waals surface area contributed by atoms with Crippen molar-refractivity contribution in [3.05, 3.63) is 12.2 Å². The van der Waals surface area contributed by atoms with Crippen molar-refractivity contribution in [3.63, 3.8) is 0 Å². The van der Waals surface area contributed by atoms with Gasteiger partial charge in [-0.15, -0.1) is 0 Å². The van der Waals surface area contributed by atoms with Gasteiger partial charge in [0.15, 0.2) is 0 Å². The molecule has 1 heterocycles. The average Bonchev–Trinajstić information content (AvgIpc) is 3.02. The van der Waals surface area contributed by atoms with Crippen molar-refractivity contribution >= 4 is 5.91 Å². The van der Waals surface area contributed by atoms with E-state index in [9.17, 15) is 4.79 Å². The van der Waals surface area contributed by atoms with Crippen LogP contribution in [0.2, 0.25) is 0 Å². The maximum absolute atomic E-state index is 11.8. The van der Waals surface area contributed by atoms with Crippen LogP contribution in [0.4, 0.5) is 0 Å². The number of carbonyl (C=O) groups excluding carboxylic acids is 1. The normalized spacial score (nSPS) is 24.8. The predicted molar refractivity (Wildman–Crippen MR) is 69.7 cm³/mol. The van der Waals surface area contributed by atoms with Crippen LogP contribution in [-0.4, -0.2) is 36.5 Å². The number of nitrogens with zero attached hydrogens (tertiary/aromatic N) is 1. The van der Waals surface area contributed by atoms with E-state index in [0.29, 0.717) is 23.8 Å². The Hall–Kier alpha value is -0.830. The third-order valence-electron chi connectivity index (χ3n) is 3.82. The van der Waals surface area contributed by atoms with Crippen LogP contribution in [0.5, 0.6) is 0 Å². The Labute approximate surface area is 104 Å². The van der Waals surface area contributed by atoms with Gasteiger partial charge in [0.05, 0.1) is 0 Å². The molecule has 1 saturated carbocycles. The highest BCUT2D eigenvalue weighted by Gasteiger charge is 2.31. The Bertz CT molecular complexity index is 307. The lowest BCUT2D eigenvalue weighted by atomic mass is 9.95. The molecule has 1 unspecified atom stereocenters. The Morgan fingerprint density at radius 2 is 2.24 bits per heavy atom. The molecule has 1 amide bonds.